The molecule has 5 nitrogen and oxygen atoms in total. The van der Waals surface area contributed by atoms with E-state index in [-0.39, 0.29) is 5.91 Å². The van der Waals surface area contributed by atoms with Crippen molar-refractivity contribution in [2.24, 2.45) is 0 Å². The van der Waals surface area contributed by atoms with Crippen LogP contribution in [0.2, 0.25) is 0 Å². The van der Waals surface area contributed by atoms with Gasteiger partial charge in [0.05, 0.1) is 29.2 Å². The Morgan fingerprint density at radius 2 is 1.86 bits per heavy atom. The fourth-order valence-electron chi connectivity index (χ4n) is 3.24. The van der Waals surface area contributed by atoms with Gasteiger partial charge in [-0.3, -0.25) is 9.69 Å². The molecule has 1 N–H and O–H groups in total. The van der Waals surface area contributed by atoms with Crippen LogP contribution in [0, 0.1) is 0 Å². The van der Waals surface area contributed by atoms with Gasteiger partial charge in [0.1, 0.15) is 5.01 Å². The van der Waals surface area contributed by atoms with E-state index in [9.17, 15) is 4.79 Å². The first kappa shape index (κ1) is 20.3. The van der Waals surface area contributed by atoms with Crippen molar-refractivity contribution < 1.29 is 9.53 Å². The summed E-state index contributed by atoms with van der Waals surface area (Å²) >= 11 is 3.31. The van der Waals surface area contributed by atoms with E-state index in [2.05, 4.69) is 45.5 Å². The molecule has 1 fully saturated rings. The zero-order valence-corrected chi connectivity index (χ0v) is 17.9. The van der Waals surface area contributed by atoms with Crippen LogP contribution in [0.15, 0.2) is 48.5 Å². The van der Waals surface area contributed by atoms with Gasteiger partial charge in [-0.05, 0) is 23.3 Å². The zero-order valence-electron chi connectivity index (χ0n) is 16.3. The first-order chi connectivity index (χ1) is 14.3. The Hall–Kier alpha value is -1.93. The van der Waals surface area contributed by atoms with Crippen LogP contribution in [0.3, 0.4) is 0 Å². The third-order valence-corrected chi connectivity index (χ3v) is 6.98. The van der Waals surface area contributed by atoms with Crippen LogP contribution >= 0.6 is 23.1 Å². The molecule has 152 valence electrons. The van der Waals surface area contributed by atoms with Crippen LogP contribution in [0.1, 0.15) is 16.1 Å². The number of benzene rings is 2. The zero-order chi connectivity index (χ0) is 19.9. The monoisotopic (exact) mass is 427 g/mol. The lowest BCUT2D eigenvalue weighted by Gasteiger charge is -2.26. The van der Waals surface area contributed by atoms with E-state index in [1.807, 2.05) is 18.2 Å². The molecule has 0 radical (unpaired) electrons. The molecule has 0 unspecified atom stereocenters. The summed E-state index contributed by atoms with van der Waals surface area (Å²) < 4.78 is 6.59. The molecule has 1 amide bonds. The van der Waals surface area contributed by atoms with Gasteiger partial charge in [0.15, 0.2) is 0 Å². The van der Waals surface area contributed by atoms with Crippen LogP contribution in [0.25, 0.3) is 10.2 Å². The van der Waals surface area contributed by atoms with Crippen molar-refractivity contribution in [1.29, 1.82) is 0 Å². The van der Waals surface area contributed by atoms with Crippen molar-refractivity contribution in [3.8, 4) is 0 Å². The number of ether oxygens (including phenoxy) is 1. The Labute approximate surface area is 179 Å². The van der Waals surface area contributed by atoms with E-state index in [0.717, 1.165) is 54.7 Å². The van der Waals surface area contributed by atoms with E-state index in [1.165, 1.54) is 10.3 Å². The Bertz CT molecular complexity index is 904. The van der Waals surface area contributed by atoms with Gasteiger partial charge in [-0.15, -0.1) is 23.1 Å². The number of para-hydroxylation sites is 1. The number of nitrogens with one attached hydrogen (secondary N) is 1. The van der Waals surface area contributed by atoms with E-state index in [4.69, 9.17) is 4.74 Å². The maximum atomic E-state index is 12.1. The normalized spacial score (nSPS) is 14.9. The second kappa shape index (κ2) is 10.2. The molecule has 0 saturated carbocycles. The molecule has 4 rings (SSSR count). The molecular formula is C22H25N3O2S2. The fourth-order valence-corrected chi connectivity index (χ4v) is 5.12. The van der Waals surface area contributed by atoms with Gasteiger partial charge >= 0.3 is 0 Å². The first-order valence-corrected chi connectivity index (χ1v) is 11.8. The summed E-state index contributed by atoms with van der Waals surface area (Å²) in [5, 5.41) is 4.08. The van der Waals surface area contributed by atoms with E-state index < -0.39 is 0 Å². The molecule has 2 heterocycles. The SMILES string of the molecule is O=C(CSCc1nc2ccccc2s1)NCc1ccc(CN2CCOCC2)cc1. The topological polar surface area (TPSA) is 54.5 Å². The Morgan fingerprint density at radius 1 is 1.10 bits per heavy atom. The second-order valence-electron chi connectivity index (χ2n) is 7.05. The minimum Gasteiger partial charge on any atom is -0.379 e. The van der Waals surface area contributed by atoms with E-state index in [0.29, 0.717) is 12.3 Å². The van der Waals surface area contributed by atoms with Crippen LogP contribution < -0.4 is 5.32 Å². The maximum Gasteiger partial charge on any atom is 0.230 e. The van der Waals surface area contributed by atoms with Gasteiger partial charge in [-0.1, -0.05) is 36.4 Å². The smallest absolute Gasteiger partial charge is 0.230 e. The summed E-state index contributed by atoms with van der Waals surface area (Å²) in [6.45, 7) is 5.15. The quantitative estimate of drug-likeness (QED) is 0.594. The predicted molar refractivity (Wildman–Crippen MR) is 120 cm³/mol. The number of carbonyl (C=O) groups is 1. The second-order valence-corrected chi connectivity index (χ2v) is 9.15. The van der Waals surface area contributed by atoms with Crippen molar-refractivity contribution >= 4 is 39.2 Å². The van der Waals surface area contributed by atoms with Gasteiger partial charge in [0.25, 0.3) is 0 Å². The standard InChI is InChI=1S/C22H25N3O2S2/c26-21(15-28-16-22-24-19-3-1-2-4-20(19)29-22)23-13-17-5-7-18(8-6-17)14-25-9-11-27-12-10-25/h1-8H,9-16H2,(H,23,26). The lowest BCUT2D eigenvalue weighted by molar-refractivity contribution is -0.118. The van der Waals surface area contributed by atoms with Gasteiger partial charge < -0.3 is 10.1 Å². The summed E-state index contributed by atoms with van der Waals surface area (Å²) in [6.07, 6.45) is 0. The highest BCUT2D eigenvalue weighted by atomic mass is 32.2. The molecule has 7 heteroatoms. The number of fused-ring (bicyclic) bond motifs is 1. The third kappa shape index (κ3) is 6.02. The van der Waals surface area contributed by atoms with Gasteiger partial charge in [0.2, 0.25) is 5.91 Å². The van der Waals surface area contributed by atoms with Gasteiger partial charge in [0, 0.05) is 31.9 Å². The molecule has 29 heavy (non-hydrogen) atoms. The van der Waals surface area contributed by atoms with Crippen LogP contribution in [0.5, 0.6) is 0 Å². The number of rotatable bonds is 8. The van der Waals surface area contributed by atoms with Gasteiger partial charge in [-0.2, -0.15) is 0 Å². The van der Waals surface area contributed by atoms with Crippen LogP contribution in [0.4, 0.5) is 0 Å². The lowest BCUT2D eigenvalue weighted by atomic mass is 10.1. The summed E-state index contributed by atoms with van der Waals surface area (Å²) in [5.41, 5.74) is 3.46. The largest absolute Gasteiger partial charge is 0.379 e. The summed E-state index contributed by atoms with van der Waals surface area (Å²) in [4.78, 5) is 19.2. The Balaban J connectivity index is 1.17. The average molecular weight is 428 g/mol. The molecule has 3 aromatic rings. The van der Waals surface area contributed by atoms with Crippen molar-refractivity contribution in [3.05, 3.63) is 64.7 Å². The predicted octanol–water partition coefficient (Wildman–Crippen LogP) is 3.68. The number of thiazole rings is 1. The van der Waals surface area contributed by atoms with Crippen LogP contribution in [-0.4, -0.2) is 47.8 Å². The minimum atomic E-state index is 0.0634. The van der Waals surface area contributed by atoms with Crippen molar-refractivity contribution in [1.82, 2.24) is 15.2 Å². The number of morpholine rings is 1. The Morgan fingerprint density at radius 3 is 2.66 bits per heavy atom. The van der Waals surface area contributed by atoms with Crippen molar-refractivity contribution in [2.45, 2.75) is 18.8 Å². The third-order valence-electron chi connectivity index (χ3n) is 4.82. The molecular weight excluding hydrogens is 402 g/mol. The number of hydrogen-bond acceptors (Lipinski definition) is 6. The average Bonchev–Trinajstić information content (AvgIpc) is 3.17. The summed E-state index contributed by atoms with van der Waals surface area (Å²) in [7, 11) is 0. The number of aromatic nitrogens is 1. The molecule has 1 aliphatic heterocycles. The number of hydrogen-bond donors (Lipinski definition) is 1. The summed E-state index contributed by atoms with van der Waals surface area (Å²) in [5.74, 6) is 1.28. The molecule has 0 atom stereocenters. The number of thioether (sulfide) groups is 1. The molecule has 1 aromatic heterocycles. The minimum absolute atomic E-state index is 0.0634. The lowest BCUT2D eigenvalue weighted by Crippen LogP contribution is -2.35. The molecule has 0 aliphatic carbocycles. The highest BCUT2D eigenvalue weighted by Crippen LogP contribution is 2.24. The number of carbonyl (C=O) groups excluding carboxylic acids is 1. The molecule has 1 saturated heterocycles. The number of amides is 1. The fraction of sp³-hybridized carbons (Fsp3) is 0.364. The van der Waals surface area contributed by atoms with Gasteiger partial charge in [-0.25, -0.2) is 4.98 Å². The Kier molecular flexibility index (Phi) is 7.16. The molecule has 1 aliphatic rings. The highest BCUT2D eigenvalue weighted by molar-refractivity contribution is 7.99. The van der Waals surface area contributed by atoms with Crippen LogP contribution in [-0.2, 0) is 28.4 Å². The van der Waals surface area contributed by atoms with E-state index in [1.54, 1.807) is 23.1 Å². The molecule has 2 aromatic carbocycles. The summed E-state index contributed by atoms with van der Waals surface area (Å²) in [6, 6.07) is 16.6. The maximum absolute atomic E-state index is 12.1. The number of nitrogens with zero attached hydrogens (tertiary/aromatic N) is 2. The molecule has 0 bridgehead atoms. The molecule has 0 spiro atoms. The highest BCUT2D eigenvalue weighted by Gasteiger charge is 2.10. The first-order valence-electron chi connectivity index (χ1n) is 9.83. The van der Waals surface area contributed by atoms with Crippen molar-refractivity contribution in [2.75, 3.05) is 32.1 Å². The van der Waals surface area contributed by atoms with Crippen molar-refractivity contribution in [3.63, 3.8) is 0 Å². The van der Waals surface area contributed by atoms with E-state index >= 15 is 0 Å².